The number of anilines is 1. The zero-order chi connectivity index (χ0) is 15.2. The Morgan fingerprint density at radius 1 is 1.43 bits per heavy atom. The summed E-state index contributed by atoms with van der Waals surface area (Å²) in [5, 5.41) is 2.56. The van der Waals surface area contributed by atoms with Crippen molar-refractivity contribution in [3.8, 4) is 5.88 Å². The summed E-state index contributed by atoms with van der Waals surface area (Å²) in [5.41, 5.74) is -1.03. The minimum Gasteiger partial charge on any atom is -0.481 e. The molecule has 0 fully saturated rings. The molecule has 0 aromatic carbocycles. The van der Waals surface area contributed by atoms with Gasteiger partial charge in [-0.2, -0.15) is 0 Å². The lowest BCUT2D eigenvalue weighted by molar-refractivity contribution is -0.116. The highest BCUT2D eigenvalue weighted by atomic mass is 16.5. The third-order valence-electron chi connectivity index (χ3n) is 2.60. The van der Waals surface area contributed by atoms with Crippen LogP contribution in [0.5, 0.6) is 5.88 Å². The first-order valence-electron chi connectivity index (χ1n) is 6.04. The van der Waals surface area contributed by atoms with Gasteiger partial charge in [0.1, 0.15) is 12.1 Å². The smallest absolute Gasteiger partial charge is 0.328 e. The van der Waals surface area contributed by atoms with Crippen molar-refractivity contribution >= 4 is 11.7 Å². The molecule has 21 heavy (non-hydrogen) atoms. The Hall–Kier alpha value is -2.97. The molecule has 0 aliphatic carbocycles. The van der Waals surface area contributed by atoms with Gasteiger partial charge in [-0.1, -0.05) is 0 Å². The predicted octanol–water partition coefficient (Wildman–Crippen LogP) is -0.636. The van der Waals surface area contributed by atoms with Crippen molar-refractivity contribution in [2.75, 3.05) is 12.4 Å². The number of carbonyl (C=O) groups excluding carboxylic acids is 1. The van der Waals surface area contributed by atoms with Crippen LogP contribution in [0, 0.1) is 0 Å². The molecule has 0 bridgehead atoms. The Labute approximate surface area is 118 Å². The molecule has 9 nitrogen and oxygen atoms in total. The summed E-state index contributed by atoms with van der Waals surface area (Å²) in [6.45, 7) is 0.143. The van der Waals surface area contributed by atoms with Crippen molar-refractivity contribution in [3.05, 3.63) is 45.5 Å². The Balaban J connectivity index is 1.95. The van der Waals surface area contributed by atoms with E-state index in [2.05, 4.69) is 20.3 Å². The van der Waals surface area contributed by atoms with Crippen molar-refractivity contribution in [3.63, 3.8) is 0 Å². The third kappa shape index (κ3) is 4.00. The van der Waals surface area contributed by atoms with Gasteiger partial charge in [0.25, 0.3) is 5.56 Å². The van der Waals surface area contributed by atoms with Crippen LogP contribution in [0.25, 0.3) is 0 Å². The molecule has 0 aliphatic rings. The van der Waals surface area contributed by atoms with E-state index in [1.165, 1.54) is 36.3 Å². The van der Waals surface area contributed by atoms with Gasteiger partial charge in [-0.3, -0.25) is 14.6 Å². The van der Waals surface area contributed by atoms with Crippen LogP contribution in [0.15, 0.2) is 34.2 Å². The Morgan fingerprint density at radius 3 is 2.95 bits per heavy atom. The van der Waals surface area contributed by atoms with Crippen molar-refractivity contribution < 1.29 is 9.53 Å². The van der Waals surface area contributed by atoms with E-state index >= 15 is 0 Å². The number of methoxy groups -OCH3 is 1. The molecule has 110 valence electrons. The second-order valence-electron chi connectivity index (χ2n) is 4.05. The van der Waals surface area contributed by atoms with Crippen LogP contribution >= 0.6 is 0 Å². The molecule has 0 saturated carbocycles. The fourth-order valence-electron chi connectivity index (χ4n) is 1.57. The molecular weight excluding hydrogens is 278 g/mol. The van der Waals surface area contributed by atoms with E-state index < -0.39 is 11.2 Å². The molecule has 0 aliphatic heterocycles. The normalized spacial score (nSPS) is 10.1. The summed E-state index contributed by atoms with van der Waals surface area (Å²) >= 11 is 0. The molecule has 0 radical (unpaired) electrons. The highest BCUT2D eigenvalue weighted by molar-refractivity contribution is 5.89. The summed E-state index contributed by atoms with van der Waals surface area (Å²) < 4.78 is 6.15. The number of hydrogen-bond donors (Lipinski definition) is 2. The molecule has 0 unspecified atom stereocenters. The fraction of sp³-hybridized carbons (Fsp3) is 0.250. The minimum atomic E-state index is -0.556. The minimum absolute atomic E-state index is 0.0538. The summed E-state index contributed by atoms with van der Waals surface area (Å²) in [4.78, 5) is 43.9. The number of H-pyrrole nitrogens is 1. The predicted molar refractivity (Wildman–Crippen MR) is 73.2 cm³/mol. The van der Waals surface area contributed by atoms with Crippen molar-refractivity contribution in [2.45, 2.75) is 13.0 Å². The quantitative estimate of drug-likeness (QED) is 0.756. The van der Waals surface area contributed by atoms with E-state index in [9.17, 15) is 14.4 Å². The number of rotatable bonds is 5. The van der Waals surface area contributed by atoms with Crippen LogP contribution < -0.4 is 21.3 Å². The standard InChI is InChI=1S/C12H13N5O4/c1-21-11-6-8(13-7-14-11)15-9(18)2-4-17-5-3-10(19)16-12(17)20/h3,5-7H,2,4H2,1H3,(H,16,19,20)(H,13,14,15,18). The molecule has 2 N–H and O–H groups in total. The van der Waals surface area contributed by atoms with Crippen LogP contribution in [0.2, 0.25) is 0 Å². The monoisotopic (exact) mass is 291 g/mol. The molecule has 0 spiro atoms. The first-order valence-corrected chi connectivity index (χ1v) is 6.04. The van der Waals surface area contributed by atoms with Crippen molar-refractivity contribution in [1.82, 2.24) is 19.5 Å². The lowest BCUT2D eigenvalue weighted by Crippen LogP contribution is -2.29. The highest BCUT2D eigenvalue weighted by Gasteiger charge is 2.06. The van der Waals surface area contributed by atoms with Gasteiger partial charge < -0.3 is 14.6 Å². The van der Waals surface area contributed by atoms with Crippen LogP contribution in [0.3, 0.4) is 0 Å². The summed E-state index contributed by atoms with van der Waals surface area (Å²) in [7, 11) is 1.45. The van der Waals surface area contributed by atoms with Crippen LogP contribution in [0.1, 0.15) is 6.42 Å². The van der Waals surface area contributed by atoms with E-state index in [0.29, 0.717) is 11.7 Å². The summed E-state index contributed by atoms with van der Waals surface area (Å²) in [6, 6.07) is 2.69. The van der Waals surface area contributed by atoms with Crippen LogP contribution in [-0.2, 0) is 11.3 Å². The molecule has 9 heteroatoms. The number of aromatic amines is 1. The number of hydrogen-bond acceptors (Lipinski definition) is 6. The lowest BCUT2D eigenvalue weighted by Gasteiger charge is -2.06. The average molecular weight is 291 g/mol. The number of ether oxygens (including phenoxy) is 1. The third-order valence-corrected chi connectivity index (χ3v) is 2.60. The van der Waals surface area contributed by atoms with E-state index in [1.54, 1.807) is 0 Å². The number of nitrogens with zero attached hydrogens (tertiary/aromatic N) is 3. The molecule has 2 rings (SSSR count). The number of aromatic nitrogens is 4. The largest absolute Gasteiger partial charge is 0.481 e. The van der Waals surface area contributed by atoms with Gasteiger partial charge in [-0.05, 0) is 0 Å². The average Bonchev–Trinajstić information content (AvgIpc) is 2.46. The zero-order valence-electron chi connectivity index (χ0n) is 11.2. The van der Waals surface area contributed by atoms with Gasteiger partial charge >= 0.3 is 5.69 Å². The summed E-state index contributed by atoms with van der Waals surface area (Å²) in [6.07, 6.45) is 2.65. The van der Waals surface area contributed by atoms with Gasteiger partial charge in [-0.15, -0.1) is 0 Å². The Kier molecular flexibility index (Phi) is 4.44. The SMILES string of the molecule is COc1cc(NC(=O)CCn2ccc(=O)[nH]c2=O)ncn1. The second-order valence-corrected chi connectivity index (χ2v) is 4.05. The van der Waals surface area contributed by atoms with Gasteiger partial charge in [0.15, 0.2) is 0 Å². The molecule has 2 aromatic rings. The lowest BCUT2D eigenvalue weighted by atomic mass is 10.4. The molecule has 0 atom stereocenters. The second kappa shape index (κ2) is 6.46. The van der Waals surface area contributed by atoms with Gasteiger partial charge in [0.2, 0.25) is 11.8 Å². The summed E-state index contributed by atoms with van der Waals surface area (Å²) in [5.74, 6) is 0.312. The van der Waals surface area contributed by atoms with Gasteiger partial charge in [-0.25, -0.2) is 14.8 Å². The Morgan fingerprint density at radius 2 is 2.24 bits per heavy atom. The van der Waals surface area contributed by atoms with Crippen LogP contribution in [0.4, 0.5) is 5.82 Å². The number of amides is 1. The Bertz CT molecular complexity index is 752. The molecule has 1 amide bonds. The van der Waals surface area contributed by atoms with E-state index in [-0.39, 0.29) is 18.9 Å². The number of carbonyl (C=O) groups is 1. The molecule has 2 aromatic heterocycles. The van der Waals surface area contributed by atoms with Crippen molar-refractivity contribution in [1.29, 1.82) is 0 Å². The van der Waals surface area contributed by atoms with E-state index in [1.807, 2.05) is 0 Å². The van der Waals surface area contributed by atoms with Gasteiger partial charge in [0.05, 0.1) is 7.11 Å². The van der Waals surface area contributed by atoms with E-state index in [0.717, 1.165) is 0 Å². The fourth-order valence-corrected chi connectivity index (χ4v) is 1.57. The van der Waals surface area contributed by atoms with Crippen molar-refractivity contribution in [2.24, 2.45) is 0 Å². The first kappa shape index (κ1) is 14.4. The topological polar surface area (TPSA) is 119 Å². The number of nitrogens with one attached hydrogen (secondary N) is 2. The van der Waals surface area contributed by atoms with E-state index in [4.69, 9.17) is 4.74 Å². The zero-order valence-corrected chi connectivity index (χ0v) is 11.2. The van der Waals surface area contributed by atoms with Crippen LogP contribution in [-0.4, -0.2) is 32.5 Å². The molecular formula is C12H13N5O4. The highest BCUT2D eigenvalue weighted by Crippen LogP contribution is 2.10. The molecule has 0 saturated heterocycles. The maximum Gasteiger partial charge on any atom is 0.328 e. The first-order chi connectivity index (χ1) is 10.1. The number of aryl methyl sites for hydroxylation is 1. The maximum atomic E-state index is 11.8. The maximum absolute atomic E-state index is 11.8. The van der Waals surface area contributed by atoms with Gasteiger partial charge in [0, 0.05) is 31.3 Å². The molecule has 2 heterocycles.